The Labute approximate surface area is 119 Å². The number of likely N-dealkylation sites (N-methyl/N-ethyl adjacent to an activating group) is 1. The highest BCUT2D eigenvalue weighted by molar-refractivity contribution is 7.09. The number of nitrogens with zero attached hydrogens (tertiary/aromatic N) is 3. The van der Waals surface area contributed by atoms with Crippen molar-refractivity contribution in [3.05, 3.63) is 16.1 Å². The van der Waals surface area contributed by atoms with E-state index in [0.717, 1.165) is 44.5 Å². The standard InChI is InChI=1S/C14H23N3OS/c1-4-6-13-15-11(10-19-13)9-17-8-5-7-12(17)14(18)16(2)3/h10,12H,4-9H2,1-3H3/t12-/m0/s1. The molecule has 0 N–H and O–H groups in total. The zero-order valence-electron chi connectivity index (χ0n) is 12.1. The molecule has 1 aromatic heterocycles. The Balaban J connectivity index is 1.98. The normalized spacial score (nSPS) is 19.8. The average Bonchev–Trinajstić information content (AvgIpc) is 2.99. The highest BCUT2D eigenvalue weighted by Gasteiger charge is 2.31. The first-order valence-electron chi connectivity index (χ1n) is 7.00. The number of rotatable bonds is 5. The van der Waals surface area contributed by atoms with E-state index in [4.69, 9.17) is 0 Å². The quantitative estimate of drug-likeness (QED) is 0.830. The molecule has 1 fully saturated rings. The second-order valence-corrected chi connectivity index (χ2v) is 6.29. The van der Waals surface area contributed by atoms with Crippen molar-refractivity contribution >= 4 is 17.2 Å². The van der Waals surface area contributed by atoms with E-state index in [1.54, 1.807) is 16.2 Å². The van der Waals surface area contributed by atoms with E-state index in [1.807, 2.05) is 14.1 Å². The lowest BCUT2D eigenvalue weighted by Gasteiger charge is -2.25. The number of hydrogen-bond donors (Lipinski definition) is 0. The van der Waals surface area contributed by atoms with Gasteiger partial charge >= 0.3 is 0 Å². The Bertz CT molecular complexity index is 430. The molecular formula is C14H23N3OS. The third-order valence-electron chi connectivity index (χ3n) is 3.52. The van der Waals surface area contributed by atoms with Crippen LogP contribution in [0.2, 0.25) is 0 Å². The predicted octanol–water partition coefficient (Wildman–Crippen LogP) is 2.15. The summed E-state index contributed by atoms with van der Waals surface area (Å²) in [6, 6.07) is 0.0475. The molecule has 1 amide bonds. The summed E-state index contributed by atoms with van der Waals surface area (Å²) in [7, 11) is 3.67. The number of hydrogen-bond acceptors (Lipinski definition) is 4. The predicted molar refractivity (Wildman–Crippen MR) is 78.2 cm³/mol. The zero-order valence-corrected chi connectivity index (χ0v) is 12.9. The summed E-state index contributed by atoms with van der Waals surface area (Å²) in [4.78, 5) is 20.7. The van der Waals surface area contributed by atoms with E-state index < -0.39 is 0 Å². The number of aromatic nitrogens is 1. The smallest absolute Gasteiger partial charge is 0.239 e. The Morgan fingerprint density at radius 2 is 2.37 bits per heavy atom. The number of amides is 1. The van der Waals surface area contributed by atoms with Crippen LogP contribution in [-0.2, 0) is 17.8 Å². The first-order chi connectivity index (χ1) is 9.11. The Kier molecular flexibility index (Phi) is 4.93. The number of carbonyl (C=O) groups excluding carboxylic acids is 1. The number of carbonyl (C=O) groups is 1. The molecule has 0 aliphatic carbocycles. The van der Waals surface area contributed by atoms with Crippen molar-refractivity contribution in [2.75, 3.05) is 20.6 Å². The van der Waals surface area contributed by atoms with Crippen molar-refractivity contribution in [2.24, 2.45) is 0 Å². The average molecular weight is 281 g/mol. The second-order valence-electron chi connectivity index (χ2n) is 5.34. The third kappa shape index (κ3) is 3.54. The van der Waals surface area contributed by atoms with Crippen molar-refractivity contribution in [1.29, 1.82) is 0 Å². The molecule has 2 heterocycles. The van der Waals surface area contributed by atoms with Gasteiger partial charge in [0.1, 0.15) is 0 Å². The molecule has 5 heteroatoms. The van der Waals surface area contributed by atoms with Gasteiger partial charge < -0.3 is 4.90 Å². The van der Waals surface area contributed by atoms with Crippen LogP contribution in [0.5, 0.6) is 0 Å². The van der Waals surface area contributed by atoms with Crippen LogP contribution in [0.15, 0.2) is 5.38 Å². The van der Waals surface area contributed by atoms with Gasteiger partial charge in [-0.05, 0) is 32.2 Å². The van der Waals surface area contributed by atoms with Gasteiger partial charge in [0.25, 0.3) is 0 Å². The highest BCUT2D eigenvalue weighted by Crippen LogP contribution is 2.22. The topological polar surface area (TPSA) is 36.4 Å². The first-order valence-corrected chi connectivity index (χ1v) is 7.88. The molecule has 1 aliphatic rings. The van der Waals surface area contributed by atoms with Gasteiger partial charge in [0.2, 0.25) is 5.91 Å². The van der Waals surface area contributed by atoms with Crippen LogP contribution in [0.25, 0.3) is 0 Å². The summed E-state index contributed by atoms with van der Waals surface area (Å²) in [5.41, 5.74) is 1.12. The Morgan fingerprint density at radius 1 is 1.58 bits per heavy atom. The highest BCUT2D eigenvalue weighted by atomic mass is 32.1. The summed E-state index contributed by atoms with van der Waals surface area (Å²) in [6.45, 7) is 3.99. The molecule has 19 heavy (non-hydrogen) atoms. The van der Waals surface area contributed by atoms with Crippen molar-refractivity contribution in [3.63, 3.8) is 0 Å². The minimum absolute atomic E-state index is 0.0475. The van der Waals surface area contributed by atoms with Crippen molar-refractivity contribution in [1.82, 2.24) is 14.8 Å². The molecule has 1 saturated heterocycles. The molecule has 0 aromatic carbocycles. The largest absolute Gasteiger partial charge is 0.347 e. The summed E-state index contributed by atoms with van der Waals surface area (Å²) < 4.78 is 0. The van der Waals surface area contributed by atoms with E-state index in [2.05, 4.69) is 22.2 Å². The number of likely N-dealkylation sites (tertiary alicyclic amines) is 1. The first kappa shape index (κ1) is 14.5. The summed E-state index contributed by atoms with van der Waals surface area (Å²) in [5, 5.41) is 3.35. The van der Waals surface area contributed by atoms with Crippen molar-refractivity contribution < 1.29 is 4.79 Å². The van der Waals surface area contributed by atoms with Crippen LogP contribution < -0.4 is 0 Å². The van der Waals surface area contributed by atoms with E-state index in [9.17, 15) is 4.79 Å². The second kappa shape index (κ2) is 6.48. The van der Waals surface area contributed by atoms with Gasteiger partial charge in [-0.2, -0.15) is 0 Å². The Hall–Kier alpha value is -0.940. The molecular weight excluding hydrogens is 258 g/mol. The van der Waals surface area contributed by atoms with Crippen molar-refractivity contribution in [2.45, 2.75) is 45.2 Å². The van der Waals surface area contributed by atoms with Crippen molar-refractivity contribution in [3.8, 4) is 0 Å². The van der Waals surface area contributed by atoms with Gasteiger partial charge in [-0.25, -0.2) is 4.98 Å². The van der Waals surface area contributed by atoms with Crippen LogP contribution in [0.1, 0.15) is 36.9 Å². The fraction of sp³-hybridized carbons (Fsp3) is 0.714. The van der Waals surface area contributed by atoms with E-state index >= 15 is 0 Å². The number of aryl methyl sites for hydroxylation is 1. The molecule has 1 atom stereocenters. The molecule has 2 rings (SSSR count). The number of thiazole rings is 1. The van der Waals surface area contributed by atoms with E-state index in [0.29, 0.717) is 0 Å². The van der Waals surface area contributed by atoms with Crippen LogP contribution in [0.3, 0.4) is 0 Å². The maximum Gasteiger partial charge on any atom is 0.239 e. The summed E-state index contributed by atoms with van der Waals surface area (Å²) >= 11 is 1.74. The summed E-state index contributed by atoms with van der Waals surface area (Å²) in [5.74, 6) is 0.224. The zero-order chi connectivity index (χ0) is 13.8. The molecule has 4 nitrogen and oxygen atoms in total. The molecule has 1 aromatic rings. The molecule has 0 radical (unpaired) electrons. The summed E-state index contributed by atoms with van der Waals surface area (Å²) in [6.07, 6.45) is 4.28. The van der Waals surface area contributed by atoms with Crippen LogP contribution >= 0.6 is 11.3 Å². The molecule has 1 aliphatic heterocycles. The van der Waals surface area contributed by atoms with Gasteiger partial charge in [0, 0.05) is 26.0 Å². The van der Waals surface area contributed by atoms with Gasteiger partial charge in [-0.1, -0.05) is 6.92 Å². The molecule has 0 spiro atoms. The maximum absolute atomic E-state index is 12.1. The fourth-order valence-electron chi connectivity index (χ4n) is 2.55. The van der Waals surface area contributed by atoms with Crippen LogP contribution in [0, 0.1) is 0 Å². The SMILES string of the molecule is CCCc1nc(CN2CCC[C@H]2C(=O)N(C)C)cs1. The lowest BCUT2D eigenvalue weighted by atomic mass is 10.2. The third-order valence-corrected chi connectivity index (χ3v) is 4.48. The Morgan fingerprint density at radius 3 is 3.05 bits per heavy atom. The monoisotopic (exact) mass is 281 g/mol. The molecule has 106 valence electrons. The van der Waals surface area contributed by atoms with E-state index in [1.165, 1.54) is 5.01 Å². The molecule has 0 saturated carbocycles. The minimum atomic E-state index is 0.0475. The minimum Gasteiger partial charge on any atom is -0.347 e. The van der Waals surface area contributed by atoms with Crippen LogP contribution in [0.4, 0.5) is 0 Å². The maximum atomic E-state index is 12.1. The molecule has 0 unspecified atom stereocenters. The van der Waals surface area contributed by atoms with Gasteiger partial charge in [0.15, 0.2) is 0 Å². The lowest BCUT2D eigenvalue weighted by Crippen LogP contribution is -2.42. The lowest BCUT2D eigenvalue weighted by molar-refractivity contribution is -0.133. The molecule has 0 bridgehead atoms. The van der Waals surface area contributed by atoms with Crippen LogP contribution in [-0.4, -0.2) is 47.4 Å². The van der Waals surface area contributed by atoms with E-state index in [-0.39, 0.29) is 11.9 Å². The van der Waals surface area contributed by atoms with Gasteiger partial charge in [0.05, 0.1) is 16.7 Å². The fourth-order valence-corrected chi connectivity index (χ4v) is 3.44. The van der Waals surface area contributed by atoms with Gasteiger partial charge in [-0.3, -0.25) is 9.69 Å². The van der Waals surface area contributed by atoms with Gasteiger partial charge in [-0.15, -0.1) is 11.3 Å².